The molecular weight excluding hydrogens is 336 g/mol. The molecule has 2 rings (SSSR count). The third kappa shape index (κ3) is 5.97. The van der Waals surface area contributed by atoms with Gasteiger partial charge in [0.2, 0.25) is 0 Å². The van der Waals surface area contributed by atoms with Crippen LogP contribution < -0.4 is 0 Å². The third-order valence-electron chi connectivity index (χ3n) is 4.25. The Hall–Kier alpha value is -2.18. The molecule has 0 radical (unpaired) electrons. The Bertz CT molecular complexity index is 612. The maximum atomic E-state index is 12.4. The Balaban J connectivity index is 2.12. The largest absolute Gasteiger partial charge is 0.463 e. The van der Waals surface area contributed by atoms with E-state index in [1.54, 1.807) is 20.1 Å². The van der Waals surface area contributed by atoms with Gasteiger partial charge in [-0.3, -0.25) is 4.79 Å². The number of methoxy groups -OCH3 is 1. The first-order chi connectivity index (χ1) is 12.5. The van der Waals surface area contributed by atoms with E-state index in [9.17, 15) is 9.59 Å². The molecule has 0 aromatic heterocycles. The van der Waals surface area contributed by atoms with Crippen LogP contribution in [0.3, 0.4) is 0 Å². The van der Waals surface area contributed by atoms with Crippen molar-refractivity contribution in [3.8, 4) is 0 Å². The minimum Gasteiger partial charge on any atom is -0.463 e. The lowest BCUT2D eigenvalue weighted by Crippen LogP contribution is -2.33. The van der Waals surface area contributed by atoms with E-state index >= 15 is 0 Å². The summed E-state index contributed by atoms with van der Waals surface area (Å²) in [7, 11) is 1.57. The molecule has 1 aromatic rings. The van der Waals surface area contributed by atoms with Crippen molar-refractivity contribution in [2.24, 2.45) is 11.8 Å². The quantitative estimate of drug-likeness (QED) is 0.605. The highest BCUT2D eigenvalue weighted by Gasteiger charge is 2.25. The Morgan fingerprint density at radius 3 is 2.38 bits per heavy atom. The highest BCUT2D eigenvalue weighted by molar-refractivity contribution is 5.78. The second kappa shape index (κ2) is 10.1. The van der Waals surface area contributed by atoms with Gasteiger partial charge in [0.25, 0.3) is 0 Å². The Kier molecular flexibility index (Phi) is 7.81. The zero-order valence-corrected chi connectivity index (χ0v) is 15.4. The molecule has 1 aliphatic rings. The molecule has 1 aliphatic heterocycles. The van der Waals surface area contributed by atoms with Gasteiger partial charge >= 0.3 is 11.9 Å². The van der Waals surface area contributed by atoms with Crippen molar-refractivity contribution in [3.63, 3.8) is 0 Å². The van der Waals surface area contributed by atoms with Crippen LogP contribution in [0.15, 0.2) is 42.5 Å². The zero-order valence-electron chi connectivity index (χ0n) is 15.4. The minimum absolute atomic E-state index is 0.0517. The summed E-state index contributed by atoms with van der Waals surface area (Å²) in [5, 5.41) is 0. The molecule has 6 nitrogen and oxygen atoms in total. The molecule has 6 heteroatoms. The molecule has 0 amide bonds. The van der Waals surface area contributed by atoms with Crippen molar-refractivity contribution < 1.29 is 28.5 Å². The first-order valence-corrected chi connectivity index (χ1v) is 8.71. The summed E-state index contributed by atoms with van der Waals surface area (Å²) in [4.78, 5) is 24.4. The highest BCUT2D eigenvalue weighted by atomic mass is 16.6. The normalized spacial score (nSPS) is 27.8. The third-order valence-corrected chi connectivity index (χ3v) is 4.25. The second-order valence-corrected chi connectivity index (χ2v) is 6.40. The summed E-state index contributed by atoms with van der Waals surface area (Å²) in [5.41, 5.74) is 0.958. The monoisotopic (exact) mass is 362 g/mol. The number of carbonyl (C=O) groups excluding carboxylic acids is 2. The molecule has 26 heavy (non-hydrogen) atoms. The van der Waals surface area contributed by atoms with Gasteiger partial charge in [-0.05, 0) is 18.6 Å². The van der Waals surface area contributed by atoms with E-state index in [1.807, 2.05) is 43.3 Å². The number of hydrogen-bond acceptors (Lipinski definition) is 6. The van der Waals surface area contributed by atoms with Crippen molar-refractivity contribution in [1.29, 1.82) is 0 Å². The van der Waals surface area contributed by atoms with Crippen LogP contribution in [-0.2, 0) is 35.1 Å². The number of ether oxygens (including phenoxy) is 4. The molecule has 142 valence electrons. The number of carbonyl (C=O) groups is 2. The molecule has 0 saturated heterocycles. The Morgan fingerprint density at radius 2 is 1.69 bits per heavy atom. The van der Waals surface area contributed by atoms with Crippen LogP contribution in [0.1, 0.15) is 19.4 Å². The molecule has 0 bridgehead atoms. The summed E-state index contributed by atoms with van der Waals surface area (Å²) in [5.74, 6) is -1.57. The minimum atomic E-state index is -0.849. The molecule has 0 fully saturated rings. The van der Waals surface area contributed by atoms with Gasteiger partial charge in [0.15, 0.2) is 6.10 Å². The standard InChI is InChI=1S/C20H26O6/c1-14-9-10-17(24-12-16-7-5-4-6-8-16)20(22)25-11-15(2)19(21)26-13-18(14)23-3/h4-10,14-15,17-18H,11-13H2,1-3H3/t14-,15-,17-,18-/m0/s1. The van der Waals surface area contributed by atoms with Crippen molar-refractivity contribution in [1.82, 2.24) is 0 Å². The zero-order chi connectivity index (χ0) is 18.9. The average Bonchev–Trinajstić information content (AvgIpc) is 2.66. The Morgan fingerprint density at radius 1 is 1.00 bits per heavy atom. The molecule has 4 atom stereocenters. The van der Waals surface area contributed by atoms with Crippen LogP contribution in [0.2, 0.25) is 0 Å². The SMILES string of the molecule is CO[C@H]1COC(=O)[C@@H](C)COC(=O)[C@@H](OCc2ccccc2)C=C[C@@H]1C. The van der Waals surface area contributed by atoms with Gasteiger partial charge in [0.1, 0.15) is 13.2 Å². The number of cyclic esters (lactones) is 2. The van der Waals surface area contributed by atoms with Crippen molar-refractivity contribution in [2.45, 2.75) is 32.7 Å². The van der Waals surface area contributed by atoms with Gasteiger partial charge in [0, 0.05) is 13.0 Å². The fraction of sp³-hybridized carbons (Fsp3) is 0.500. The predicted molar refractivity (Wildman–Crippen MR) is 95.2 cm³/mol. The fourth-order valence-corrected chi connectivity index (χ4v) is 2.46. The Labute approximate surface area is 154 Å². The number of hydrogen-bond donors (Lipinski definition) is 0. The van der Waals surface area contributed by atoms with Crippen LogP contribution in [0.25, 0.3) is 0 Å². The van der Waals surface area contributed by atoms with Gasteiger partial charge in [-0.1, -0.05) is 43.3 Å². The molecular formula is C20H26O6. The first-order valence-electron chi connectivity index (χ1n) is 8.71. The van der Waals surface area contributed by atoms with Gasteiger partial charge in [-0.25, -0.2) is 4.79 Å². The van der Waals surface area contributed by atoms with E-state index in [0.717, 1.165) is 5.56 Å². The molecule has 0 N–H and O–H groups in total. The van der Waals surface area contributed by atoms with Crippen LogP contribution in [0, 0.1) is 11.8 Å². The van der Waals surface area contributed by atoms with Gasteiger partial charge < -0.3 is 18.9 Å². The summed E-state index contributed by atoms with van der Waals surface area (Å²) in [6.45, 7) is 3.96. The lowest BCUT2D eigenvalue weighted by Gasteiger charge is -2.23. The summed E-state index contributed by atoms with van der Waals surface area (Å²) < 4.78 is 21.6. The number of rotatable bonds is 4. The molecule has 0 saturated carbocycles. The smallest absolute Gasteiger partial charge is 0.339 e. The van der Waals surface area contributed by atoms with Crippen molar-refractivity contribution >= 4 is 11.9 Å². The lowest BCUT2D eigenvalue weighted by atomic mass is 10.0. The molecule has 1 heterocycles. The van der Waals surface area contributed by atoms with Crippen molar-refractivity contribution in [2.75, 3.05) is 20.3 Å². The van der Waals surface area contributed by atoms with E-state index in [0.29, 0.717) is 0 Å². The second-order valence-electron chi connectivity index (χ2n) is 6.40. The fourth-order valence-electron chi connectivity index (χ4n) is 2.46. The lowest BCUT2D eigenvalue weighted by molar-refractivity contribution is -0.162. The summed E-state index contributed by atoms with van der Waals surface area (Å²) in [6, 6.07) is 9.58. The topological polar surface area (TPSA) is 71.1 Å². The predicted octanol–water partition coefficient (Wildman–Crippen LogP) is 2.52. The van der Waals surface area contributed by atoms with Gasteiger partial charge in [0.05, 0.1) is 18.6 Å². The first kappa shape index (κ1) is 20.1. The number of esters is 2. The van der Waals surface area contributed by atoms with Gasteiger partial charge in [-0.15, -0.1) is 0 Å². The maximum absolute atomic E-state index is 12.4. The summed E-state index contributed by atoms with van der Waals surface area (Å²) >= 11 is 0. The molecule has 0 unspecified atom stereocenters. The van der Waals surface area contributed by atoms with Crippen LogP contribution in [-0.4, -0.2) is 44.5 Å². The highest BCUT2D eigenvalue weighted by Crippen LogP contribution is 2.15. The van der Waals surface area contributed by atoms with Crippen LogP contribution >= 0.6 is 0 Å². The molecule has 1 aromatic carbocycles. The van der Waals surface area contributed by atoms with E-state index in [-0.39, 0.29) is 31.8 Å². The van der Waals surface area contributed by atoms with E-state index in [4.69, 9.17) is 18.9 Å². The van der Waals surface area contributed by atoms with E-state index < -0.39 is 24.0 Å². The summed E-state index contributed by atoms with van der Waals surface area (Å²) in [6.07, 6.45) is 2.35. The van der Waals surface area contributed by atoms with Gasteiger partial charge in [-0.2, -0.15) is 0 Å². The number of benzene rings is 1. The van der Waals surface area contributed by atoms with Crippen LogP contribution in [0.4, 0.5) is 0 Å². The molecule has 0 spiro atoms. The maximum Gasteiger partial charge on any atom is 0.339 e. The van der Waals surface area contributed by atoms with E-state index in [2.05, 4.69) is 0 Å². The van der Waals surface area contributed by atoms with Crippen molar-refractivity contribution in [3.05, 3.63) is 48.0 Å². The van der Waals surface area contributed by atoms with Crippen LogP contribution in [0.5, 0.6) is 0 Å². The average molecular weight is 362 g/mol. The molecule has 0 aliphatic carbocycles. The van der Waals surface area contributed by atoms with E-state index in [1.165, 1.54) is 0 Å².